The fourth-order valence-corrected chi connectivity index (χ4v) is 2.34. The summed E-state index contributed by atoms with van der Waals surface area (Å²) < 4.78 is 13.8. The molecule has 1 atom stereocenters. The van der Waals surface area contributed by atoms with Crippen LogP contribution in [0.3, 0.4) is 0 Å². The van der Waals surface area contributed by atoms with Crippen molar-refractivity contribution in [3.8, 4) is 0 Å². The number of rotatable bonds is 6. The zero-order chi connectivity index (χ0) is 20.9. The van der Waals surface area contributed by atoms with Gasteiger partial charge in [0.25, 0.3) is 0 Å². The van der Waals surface area contributed by atoms with E-state index in [0.29, 0.717) is 18.4 Å². The lowest BCUT2D eigenvalue weighted by Gasteiger charge is -2.25. The second kappa shape index (κ2) is 13.3. The van der Waals surface area contributed by atoms with Crippen LogP contribution in [0, 0.1) is 6.92 Å². The van der Waals surface area contributed by atoms with Crippen molar-refractivity contribution in [2.45, 2.75) is 53.1 Å². The molecule has 1 rings (SSSR count). The quantitative estimate of drug-likeness (QED) is 0.507. The van der Waals surface area contributed by atoms with Gasteiger partial charge in [-0.3, -0.25) is 4.79 Å². The number of benzene rings is 1. The van der Waals surface area contributed by atoms with Gasteiger partial charge in [0.15, 0.2) is 0 Å². The average Bonchev–Trinajstić information content (AvgIpc) is 2.62. The molecule has 1 amide bonds. The number of hydrogen-bond donors (Lipinski definition) is 2. The van der Waals surface area contributed by atoms with Gasteiger partial charge in [0.2, 0.25) is 6.41 Å². The van der Waals surface area contributed by atoms with Gasteiger partial charge >= 0.3 is 0 Å². The van der Waals surface area contributed by atoms with E-state index in [1.165, 1.54) is 0 Å². The Labute approximate surface area is 162 Å². The fourth-order valence-electron chi connectivity index (χ4n) is 2.19. The average molecular weight is 384 g/mol. The predicted molar refractivity (Wildman–Crippen MR) is 110 cm³/mol. The molecular formula is C21H31ClFNO2. The van der Waals surface area contributed by atoms with Gasteiger partial charge < -0.3 is 10.8 Å². The van der Waals surface area contributed by atoms with Gasteiger partial charge in [0.05, 0.1) is 5.60 Å². The minimum absolute atomic E-state index is 0.164. The van der Waals surface area contributed by atoms with E-state index >= 15 is 0 Å². The Balaban J connectivity index is 0. The van der Waals surface area contributed by atoms with Crippen LogP contribution in [0.15, 0.2) is 53.9 Å². The van der Waals surface area contributed by atoms with E-state index in [4.69, 9.17) is 16.4 Å². The van der Waals surface area contributed by atoms with Gasteiger partial charge in [-0.2, -0.15) is 0 Å². The van der Waals surface area contributed by atoms with Crippen molar-refractivity contribution >= 4 is 18.0 Å². The topological polar surface area (TPSA) is 63.3 Å². The standard InChI is InChI=1S/C18H22ClFO.C2H6.CH3NO/c1-6-17(20)15(13(4)19)10-14-9-8-12(3)16(11-14)18(5,21)7-2;1-2;2-1-3/h6,8-9,11,21H,1,4,7,10H2,2-3,5H3;1-2H3;1H,(H2,2,3)/b17-15+;;. The number of nitrogens with two attached hydrogens (primary N) is 1. The molecule has 0 spiro atoms. The fraction of sp³-hybridized carbons (Fsp3) is 0.381. The number of halogens is 2. The number of allylic oxidation sites excluding steroid dienone is 4. The van der Waals surface area contributed by atoms with E-state index in [0.717, 1.165) is 22.8 Å². The van der Waals surface area contributed by atoms with Crippen molar-refractivity contribution in [1.82, 2.24) is 0 Å². The molecular weight excluding hydrogens is 353 g/mol. The summed E-state index contributed by atoms with van der Waals surface area (Å²) >= 11 is 5.87. The van der Waals surface area contributed by atoms with Crippen molar-refractivity contribution in [3.05, 3.63) is 70.6 Å². The van der Waals surface area contributed by atoms with E-state index in [2.05, 4.69) is 18.9 Å². The molecule has 3 nitrogen and oxygen atoms in total. The summed E-state index contributed by atoms with van der Waals surface area (Å²) in [6.45, 7) is 16.7. The lowest BCUT2D eigenvalue weighted by Crippen LogP contribution is -2.21. The third-order valence-corrected chi connectivity index (χ3v) is 3.97. The van der Waals surface area contributed by atoms with Crippen molar-refractivity contribution < 1.29 is 14.3 Å². The summed E-state index contributed by atoms with van der Waals surface area (Å²) in [4.78, 5) is 8.58. The molecule has 0 fully saturated rings. The summed E-state index contributed by atoms with van der Waals surface area (Å²) in [5, 5.41) is 10.6. The van der Waals surface area contributed by atoms with Gasteiger partial charge in [0.1, 0.15) is 5.83 Å². The third kappa shape index (κ3) is 8.45. The molecule has 0 saturated heterocycles. The molecule has 146 valence electrons. The molecule has 5 heteroatoms. The van der Waals surface area contributed by atoms with E-state index in [1.807, 2.05) is 45.9 Å². The van der Waals surface area contributed by atoms with Gasteiger partial charge in [-0.25, -0.2) is 4.39 Å². The maximum atomic E-state index is 13.8. The maximum absolute atomic E-state index is 13.8. The third-order valence-electron chi connectivity index (χ3n) is 3.75. The predicted octanol–water partition coefficient (Wildman–Crippen LogP) is 5.44. The highest BCUT2D eigenvalue weighted by molar-refractivity contribution is 6.31. The van der Waals surface area contributed by atoms with Crippen LogP contribution < -0.4 is 5.73 Å². The van der Waals surface area contributed by atoms with Crippen molar-refractivity contribution in [3.63, 3.8) is 0 Å². The van der Waals surface area contributed by atoms with E-state index < -0.39 is 11.4 Å². The van der Waals surface area contributed by atoms with Crippen LogP contribution in [-0.4, -0.2) is 11.5 Å². The van der Waals surface area contributed by atoms with Gasteiger partial charge in [-0.1, -0.05) is 63.7 Å². The molecule has 0 radical (unpaired) electrons. The maximum Gasteiger partial charge on any atom is 0.204 e. The molecule has 3 N–H and O–H groups in total. The largest absolute Gasteiger partial charge is 0.385 e. The molecule has 26 heavy (non-hydrogen) atoms. The number of primary amides is 1. The number of aryl methyl sites for hydroxylation is 1. The van der Waals surface area contributed by atoms with Gasteiger partial charge in [-0.05, 0) is 43.0 Å². The highest BCUT2D eigenvalue weighted by atomic mass is 35.5. The van der Waals surface area contributed by atoms with Crippen LogP contribution in [0.1, 0.15) is 50.8 Å². The Hall–Kier alpha value is -1.91. The second-order valence-corrected chi connectivity index (χ2v) is 5.98. The number of aliphatic hydroxyl groups is 1. The first kappa shape index (κ1) is 26.3. The summed E-state index contributed by atoms with van der Waals surface area (Å²) in [5.41, 5.74) is 6.31. The number of amides is 1. The Bertz CT molecular complexity index is 637. The molecule has 1 aromatic carbocycles. The van der Waals surface area contributed by atoms with Crippen LogP contribution in [0.25, 0.3) is 0 Å². The zero-order valence-electron chi connectivity index (χ0n) is 16.4. The Morgan fingerprint density at radius 3 is 2.31 bits per heavy atom. The number of carbonyl (C=O) groups excluding carboxylic acids is 1. The first-order valence-electron chi connectivity index (χ1n) is 8.48. The highest BCUT2D eigenvalue weighted by Crippen LogP contribution is 2.30. The van der Waals surface area contributed by atoms with Gasteiger partial charge in [-0.15, -0.1) is 0 Å². The minimum Gasteiger partial charge on any atom is -0.385 e. The minimum atomic E-state index is -0.904. The van der Waals surface area contributed by atoms with Crippen molar-refractivity contribution in [1.29, 1.82) is 0 Å². The van der Waals surface area contributed by atoms with Crippen LogP contribution in [0.2, 0.25) is 0 Å². The monoisotopic (exact) mass is 383 g/mol. The molecule has 1 aromatic rings. The number of hydrogen-bond acceptors (Lipinski definition) is 2. The summed E-state index contributed by atoms with van der Waals surface area (Å²) in [6.07, 6.45) is 2.29. The molecule has 0 aliphatic heterocycles. The summed E-state index contributed by atoms with van der Waals surface area (Å²) in [6, 6.07) is 5.73. The van der Waals surface area contributed by atoms with E-state index in [-0.39, 0.29) is 11.4 Å². The lowest BCUT2D eigenvalue weighted by molar-refractivity contribution is -0.106. The molecule has 0 heterocycles. The van der Waals surface area contributed by atoms with Crippen LogP contribution >= 0.6 is 11.6 Å². The Kier molecular flexibility index (Phi) is 13.5. The molecule has 0 bridgehead atoms. The first-order chi connectivity index (χ1) is 12.1. The van der Waals surface area contributed by atoms with Crippen LogP contribution in [0.4, 0.5) is 4.39 Å². The number of carbonyl (C=O) groups is 1. The van der Waals surface area contributed by atoms with Crippen molar-refractivity contribution in [2.24, 2.45) is 5.73 Å². The summed E-state index contributed by atoms with van der Waals surface area (Å²) in [5.74, 6) is -0.473. The molecule has 0 aliphatic carbocycles. The smallest absolute Gasteiger partial charge is 0.204 e. The normalized spacial score (nSPS) is 12.9. The summed E-state index contributed by atoms with van der Waals surface area (Å²) in [7, 11) is 0. The van der Waals surface area contributed by atoms with Crippen LogP contribution in [0.5, 0.6) is 0 Å². The van der Waals surface area contributed by atoms with E-state index in [1.54, 1.807) is 6.92 Å². The zero-order valence-corrected chi connectivity index (χ0v) is 17.2. The molecule has 0 aromatic heterocycles. The Morgan fingerprint density at radius 2 is 1.92 bits per heavy atom. The highest BCUT2D eigenvalue weighted by Gasteiger charge is 2.23. The molecule has 0 aliphatic rings. The first-order valence-corrected chi connectivity index (χ1v) is 8.85. The molecule has 1 unspecified atom stereocenters. The SMILES string of the molecule is C=C/C(F)=C(/Cc1ccc(C)c(C(C)(O)CC)c1)C(=C)Cl.CC.NC=O. The van der Waals surface area contributed by atoms with E-state index in [9.17, 15) is 9.50 Å². The lowest BCUT2D eigenvalue weighted by atomic mass is 9.87. The second-order valence-electron chi connectivity index (χ2n) is 5.53. The Morgan fingerprint density at radius 1 is 1.42 bits per heavy atom. The van der Waals surface area contributed by atoms with Crippen LogP contribution in [-0.2, 0) is 16.8 Å². The molecule has 0 saturated carbocycles. The van der Waals surface area contributed by atoms with Gasteiger partial charge in [0, 0.05) is 17.0 Å². The van der Waals surface area contributed by atoms with Crippen molar-refractivity contribution in [2.75, 3.05) is 0 Å².